The second-order valence-electron chi connectivity index (χ2n) is 8.60. The van der Waals surface area contributed by atoms with E-state index in [-0.39, 0.29) is 0 Å². The summed E-state index contributed by atoms with van der Waals surface area (Å²) < 4.78 is 162. The average molecular weight is 498 g/mol. The van der Waals surface area contributed by atoms with Gasteiger partial charge in [-0.15, -0.1) is 0 Å². The van der Waals surface area contributed by atoms with E-state index in [4.69, 9.17) is 0 Å². The minimum atomic E-state index is -7.66. The van der Waals surface area contributed by atoms with Crippen LogP contribution in [0.3, 0.4) is 0 Å². The lowest BCUT2D eigenvalue weighted by molar-refractivity contribution is -0.414. The molecule has 0 radical (unpaired) electrons. The summed E-state index contributed by atoms with van der Waals surface area (Å²) in [5.41, 5.74) is -2.49. The molecule has 0 spiro atoms. The summed E-state index contributed by atoms with van der Waals surface area (Å²) in [4.78, 5) is 12.3. The van der Waals surface area contributed by atoms with E-state index in [1.807, 2.05) is 0 Å². The summed E-state index contributed by atoms with van der Waals surface area (Å²) in [6, 6.07) is 0. The fourth-order valence-corrected chi connectivity index (χ4v) is 2.33. The molecular weight excluding hydrogens is 476 g/mol. The Morgan fingerprint density at radius 3 is 1.50 bits per heavy atom. The topological polar surface area (TPSA) is 26.3 Å². The Morgan fingerprint density at radius 1 is 0.781 bits per heavy atom. The van der Waals surface area contributed by atoms with Gasteiger partial charge in [-0.3, -0.25) is 4.79 Å². The van der Waals surface area contributed by atoms with Crippen LogP contribution in [0.1, 0.15) is 41.5 Å². The van der Waals surface area contributed by atoms with E-state index in [9.17, 15) is 57.5 Å². The van der Waals surface area contributed by atoms with Gasteiger partial charge in [0.2, 0.25) is 0 Å². The maximum atomic E-state index is 13.8. The Hall–Kier alpha value is -1.63. The molecule has 2 nitrogen and oxygen atoms in total. The zero-order valence-corrected chi connectivity index (χ0v) is 17.7. The van der Waals surface area contributed by atoms with Gasteiger partial charge in [-0.2, -0.15) is 43.9 Å². The van der Waals surface area contributed by atoms with Gasteiger partial charge in [-0.05, 0) is 26.2 Å². The minimum Gasteiger partial charge on any atom is -0.458 e. The number of rotatable bonds is 9. The molecule has 0 bridgehead atoms. The highest BCUT2D eigenvalue weighted by molar-refractivity contribution is 5.80. The molecule has 0 N–H and O–H groups in total. The van der Waals surface area contributed by atoms with Crippen molar-refractivity contribution in [1.29, 1.82) is 0 Å². The molecule has 0 rings (SSSR count). The van der Waals surface area contributed by atoms with Crippen molar-refractivity contribution in [2.75, 3.05) is 6.61 Å². The summed E-state index contributed by atoms with van der Waals surface area (Å²) in [6.07, 6.45) is -4.39. The number of halogens is 12. The fourth-order valence-electron chi connectivity index (χ4n) is 2.33. The summed E-state index contributed by atoms with van der Waals surface area (Å²) in [6.45, 7) is 5.35. The lowest BCUT2D eigenvalue weighted by Crippen LogP contribution is -2.69. The highest BCUT2D eigenvalue weighted by Gasteiger charge is 2.88. The number of allylic oxidation sites excluding steroid dienone is 1. The first-order valence-corrected chi connectivity index (χ1v) is 8.74. The number of esters is 1. The maximum absolute atomic E-state index is 13.8. The molecule has 0 aromatic carbocycles. The van der Waals surface area contributed by atoms with Crippen LogP contribution in [0.2, 0.25) is 0 Å². The van der Waals surface area contributed by atoms with Gasteiger partial charge in [0.05, 0.1) is 5.41 Å². The van der Waals surface area contributed by atoms with Crippen LogP contribution in [0.4, 0.5) is 52.7 Å². The molecule has 190 valence electrons. The Morgan fingerprint density at radius 2 is 1.19 bits per heavy atom. The molecule has 1 unspecified atom stereocenters. The third kappa shape index (κ3) is 4.82. The van der Waals surface area contributed by atoms with Gasteiger partial charge in [0.25, 0.3) is 0 Å². The van der Waals surface area contributed by atoms with Gasteiger partial charge >= 0.3 is 42.0 Å². The number of carbonyl (C=O) groups is 1. The maximum Gasteiger partial charge on any atom is 0.384 e. The van der Waals surface area contributed by atoms with Gasteiger partial charge < -0.3 is 4.74 Å². The lowest BCUT2D eigenvalue weighted by atomic mass is 9.67. The first-order valence-electron chi connectivity index (χ1n) is 8.74. The van der Waals surface area contributed by atoms with Gasteiger partial charge in [-0.1, -0.05) is 32.4 Å². The van der Waals surface area contributed by atoms with E-state index in [0.29, 0.717) is 5.57 Å². The Kier molecular flexibility index (Phi) is 8.18. The van der Waals surface area contributed by atoms with E-state index in [1.54, 1.807) is 0 Å². The average Bonchev–Trinajstić information content (AvgIpc) is 2.56. The second kappa shape index (κ2) is 8.62. The van der Waals surface area contributed by atoms with Crippen molar-refractivity contribution < 1.29 is 62.2 Å². The number of ether oxygens (including phenoxy) is 1. The number of alkyl halides is 12. The largest absolute Gasteiger partial charge is 0.458 e. The van der Waals surface area contributed by atoms with Crippen molar-refractivity contribution in [2.45, 2.75) is 77.6 Å². The quantitative estimate of drug-likeness (QED) is 0.195. The standard InChI is InChI=1S/C18H22F12O2/c1-9(2)7-13(6,12(3,4)5)11(31)32-8-14(21,22)16(25,26)18(29,30)17(27,28)15(23,24)10(19)20/h7,10H,8H2,1-6H3. The normalized spacial score (nSPS) is 16.6. The molecule has 0 saturated heterocycles. The molecule has 0 aromatic heterocycles. The molecule has 32 heavy (non-hydrogen) atoms. The van der Waals surface area contributed by atoms with Crippen molar-refractivity contribution in [3.8, 4) is 0 Å². The van der Waals surface area contributed by atoms with Crippen LogP contribution >= 0.6 is 0 Å². The van der Waals surface area contributed by atoms with Crippen LogP contribution in [0.15, 0.2) is 11.6 Å². The van der Waals surface area contributed by atoms with E-state index in [2.05, 4.69) is 4.74 Å². The molecule has 0 aromatic rings. The van der Waals surface area contributed by atoms with Gasteiger partial charge in [-0.25, -0.2) is 8.78 Å². The summed E-state index contributed by atoms with van der Waals surface area (Å²) in [5, 5.41) is 0. The second-order valence-corrected chi connectivity index (χ2v) is 8.60. The minimum absolute atomic E-state index is 0.428. The van der Waals surface area contributed by atoms with Gasteiger partial charge in [0.15, 0.2) is 6.61 Å². The van der Waals surface area contributed by atoms with E-state index >= 15 is 0 Å². The van der Waals surface area contributed by atoms with Crippen molar-refractivity contribution in [3.05, 3.63) is 11.6 Å². The molecule has 14 heteroatoms. The van der Waals surface area contributed by atoms with Crippen molar-refractivity contribution in [3.63, 3.8) is 0 Å². The van der Waals surface area contributed by atoms with Crippen molar-refractivity contribution in [1.82, 2.24) is 0 Å². The van der Waals surface area contributed by atoms with E-state index in [1.165, 1.54) is 40.7 Å². The third-order valence-electron chi connectivity index (χ3n) is 4.88. The molecule has 0 heterocycles. The number of hydrogen-bond donors (Lipinski definition) is 0. The molecular formula is C18H22F12O2. The van der Waals surface area contributed by atoms with Crippen LogP contribution in [-0.2, 0) is 9.53 Å². The van der Waals surface area contributed by atoms with E-state index in [0.717, 1.165) is 6.92 Å². The highest BCUT2D eigenvalue weighted by atomic mass is 19.4. The smallest absolute Gasteiger partial charge is 0.384 e. The predicted molar refractivity (Wildman–Crippen MR) is 88.7 cm³/mol. The molecule has 0 aliphatic carbocycles. The SMILES string of the molecule is CC(C)=CC(C)(C(=O)OCC(F)(F)C(F)(F)C(F)(F)C(F)(F)C(F)(F)C(F)F)C(C)(C)C. The molecule has 0 amide bonds. The zero-order valence-electron chi connectivity index (χ0n) is 17.7. The monoisotopic (exact) mass is 498 g/mol. The first-order chi connectivity index (χ1) is 13.7. The Balaban J connectivity index is 6.12. The molecule has 0 saturated carbocycles. The highest BCUT2D eigenvalue weighted by Crippen LogP contribution is 2.58. The number of carbonyl (C=O) groups excluding carboxylic acids is 1. The van der Waals surface area contributed by atoms with Gasteiger partial charge in [0.1, 0.15) is 0 Å². The first kappa shape index (κ1) is 30.4. The van der Waals surface area contributed by atoms with Crippen molar-refractivity contribution >= 4 is 5.97 Å². The van der Waals surface area contributed by atoms with Crippen LogP contribution in [0.5, 0.6) is 0 Å². The molecule has 0 fully saturated rings. The Labute approximate surface area is 176 Å². The summed E-state index contributed by atoms with van der Waals surface area (Å²) in [5.74, 6) is -37.7. The van der Waals surface area contributed by atoms with Crippen molar-refractivity contribution in [2.24, 2.45) is 10.8 Å². The zero-order chi connectivity index (χ0) is 26.4. The van der Waals surface area contributed by atoms with E-state index < -0.39 is 59.4 Å². The Bertz CT molecular complexity index is 718. The van der Waals surface area contributed by atoms with Crippen LogP contribution in [0.25, 0.3) is 0 Å². The van der Waals surface area contributed by atoms with Gasteiger partial charge in [0, 0.05) is 0 Å². The summed E-state index contributed by atoms with van der Waals surface area (Å²) in [7, 11) is 0. The van der Waals surface area contributed by atoms with Crippen LogP contribution < -0.4 is 0 Å². The molecule has 1 atom stereocenters. The molecule has 0 aliphatic heterocycles. The van der Waals surface area contributed by atoms with Crippen LogP contribution in [-0.4, -0.2) is 48.6 Å². The summed E-state index contributed by atoms with van der Waals surface area (Å²) >= 11 is 0. The third-order valence-corrected chi connectivity index (χ3v) is 4.88. The predicted octanol–water partition coefficient (Wildman–Crippen LogP) is 6.99. The van der Waals surface area contributed by atoms with Crippen LogP contribution in [0, 0.1) is 10.8 Å². The fraction of sp³-hybridized carbons (Fsp3) is 0.833. The molecule has 0 aliphatic rings. The number of hydrogen-bond acceptors (Lipinski definition) is 2. The lowest BCUT2D eigenvalue weighted by Gasteiger charge is -2.40.